The summed E-state index contributed by atoms with van der Waals surface area (Å²) in [5.74, 6) is 0.912. The maximum Gasteiger partial charge on any atom is 0.223 e. The summed E-state index contributed by atoms with van der Waals surface area (Å²) in [5.41, 5.74) is 7.18. The Bertz CT molecular complexity index is 847. The maximum absolute atomic E-state index is 8.96. The number of fused-ring (bicyclic) bond motifs is 1. The Morgan fingerprint density at radius 2 is 2.19 bits per heavy atom. The van der Waals surface area contributed by atoms with Gasteiger partial charge in [0, 0.05) is 10.6 Å². The highest BCUT2D eigenvalue weighted by Crippen LogP contribution is 2.31. The molecule has 0 aliphatic rings. The van der Waals surface area contributed by atoms with Gasteiger partial charge in [0.05, 0.1) is 17.0 Å². The van der Waals surface area contributed by atoms with Crippen LogP contribution in [-0.2, 0) is 6.42 Å². The number of nitrogens with one attached hydrogen (secondary N) is 1. The highest BCUT2D eigenvalue weighted by atomic mass is 32.1. The van der Waals surface area contributed by atoms with Gasteiger partial charge in [0.1, 0.15) is 10.6 Å². The van der Waals surface area contributed by atoms with Gasteiger partial charge >= 0.3 is 0 Å². The van der Waals surface area contributed by atoms with Crippen molar-refractivity contribution in [3.8, 4) is 6.07 Å². The number of aromatic nitrogens is 2. The molecule has 21 heavy (non-hydrogen) atoms. The molecule has 0 saturated heterocycles. The van der Waals surface area contributed by atoms with Gasteiger partial charge < -0.3 is 11.1 Å². The Balaban J connectivity index is 2.07. The Morgan fingerprint density at radius 3 is 2.95 bits per heavy atom. The Morgan fingerprint density at radius 1 is 1.33 bits per heavy atom. The predicted octanol–water partition coefficient (Wildman–Crippen LogP) is 3.45. The first kappa shape index (κ1) is 13.3. The topological polar surface area (TPSA) is 87.6 Å². The summed E-state index contributed by atoms with van der Waals surface area (Å²) in [7, 11) is 0. The van der Waals surface area contributed by atoms with Gasteiger partial charge in [-0.2, -0.15) is 10.2 Å². The molecule has 1 aromatic carbocycles. The maximum atomic E-state index is 8.96. The lowest BCUT2D eigenvalue weighted by Gasteiger charge is -2.07. The largest absolute Gasteiger partial charge is 0.368 e. The predicted molar refractivity (Wildman–Crippen MR) is 85.6 cm³/mol. The summed E-state index contributed by atoms with van der Waals surface area (Å²) in [5, 5.41) is 13.1. The van der Waals surface area contributed by atoms with Crippen molar-refractivity contribution in [2.75, 3.05) is 11.1 Å². The van der Waals surface area contributed by atoms with Crippen molar-refractivity contribution < 1.29 is 0 Å². The minimum absolute atomic E-state index is 0.242. The Labute approximate surface area is 126 Å². The van der Waals surface area contributed by atoms with Crippen molar-refractivity contribution >= 4 is 39.0 Å². The van der Waals surface area contributed by atoms with Gasteiger partial charge in [-0.1, -0.05) is 13.0 Å². The molecule has 2 heterocycles. The third kappa shape index (κ3) is 2.64. The van der Waals surface area contributed by atoms with Gasteiger partial charge in [-0.05, 0) is 30.7 Å². The number of hydrogen-bond donors (Lipinski definition) is 2. The summed E-state index contributed by atoms with van der Waals surface area (Å²) < 4.78 is 0. The van der Waals surface area contributed by atoms with Crippen LogP contribution in [0.4, 0.5) is 17.5 Å². The number of benzene rings is 1. The molecule has 2 aromatic heterocycles. The molecule has 0 bridgehead atoms. The third-order valence-corrected chi connectivity index (χ3v) is 4.24. The quantitative estimate of drug-likeness (QED) is 0.772. The zero-order chi connectivity index (χ0) is 14.8. The van der Waals surface area contributed by atoms with Crippen LogP contribution >= 0.6 is 11.3 Å². The fourth-order valence-electron chi connectivity index (χ4n) is 2.06. The average Bonchev–Trinajstić information content (AvgIpc) is 2.90. The number of rotatable bonds is 3. The van der Waals surface area contributed by atoms with Gasteiger partial charge in [-0.25, -0.2) is 4.98 Å². The van der Waals surface area contributed by atoms with Crippen LogP contribution in [0, 0.1) is 11.3 Å². The summed E-state index contributed by atoms with van der Waals surface area (Å²) in [6.07, 6.45) is 0.949. The number of nitrogen functional groups attached to an aromatic ring is 1. The molecule has 5 nitrogen and oxygen atoms in total. The number of nitrogens with two attached hydrogens (primary N) is 1. The molecule has 3 aromatic rings. The van der Waals surface area contributed by atoms with Crippen molar-refractivity contribution in [3.05, 3.63) is 40.8 Å². The smallest absolute Gasteiger partial charge is 0.223 e. The Hall–Kier alpha value is -2.65. The van der Waals surface area contributed by atoms with E-state index < -0.39 is 0 Å². The normalized spacial score (nSPS) is 10.5. The third-order valence-electron chi connectivity index (χ3n) is 3.06. The first-order valence-electron chi connectivity index (χ1n) is 6.52. The second-order valence-corrected chi connectivity index (χ2v) is 5.65. The lowest BCUT2D eigenvalue weighted by molar-refractivity contribution is 1.19. The summed E-state index contributed by atoms with van der Waals surface area (Å²) in [6.45, 7) is 2.10. The minimum atomic E-state index is 0.242. The lowest BCUT2D eigenvalue weighted by Crippen LogP contribution is -2.00. The van der Waals surface area contributed by atoms with Crippen molar-refractivity contribution in [2.45, 2.75) is 13.3 Å². The zero-order valence-electron chi connectivity index (χ0n) is 11.4. The van der Waals surface area contributed by atoms with Crippen molar-refractivity contribution in [1.29, 1.82) is 5.26 Å². The van der Waals surface area contributed by atoms with Crippen molar-refractivity contribution in [3.63, 3.8) is 0 Å². The molecule has 3 rings (SSSR count). The molecule has 0 atom stereocenters. The molecule has 3 N–H and O–H groups in total. The van der Waals surface area contributed by atoms with Gasteiger partial charge in [0.2, 0.25) is 5.95 Å². The number of nitriles is 1. The molecule has 0 aliphatic heterocycles. The molecule has 0 unspecified atom stereocenters. The molecule has 0 spiro atoms. The molecular formula is C15H13N5S. The molecule has 0 aliphatic carbocycles. The highest BCUT2D eigenvalue weighted by Gasteiger charge is 2.10. The number of nitrogens with zero attached hydrogens (tertiary/aromatic N) is 3. The summed E-state index contributed by atoms with van der Waals surface area (Å²) >= 11 is 1.62. The molecule has 0 amide bonds. The Kier molecular flexibility index (Phi) is 3.42. The van der Waals surface area contributed by atoms with E-state index in [0.29, 0.717) is 11.4 Å². The van der Waals surface area contributed by atoms with E-state index in [2.05, 4.69) is 34.3 Å². The number of hydrogen-bond acceptors (Lipinski definition) is 6. The van der Waals surface area contributed by atoms with E-state index >= 15 is 0 Å². The van der Waals surface area contributed by atoms with Gasteiger partial charge in [0.25, 0.3) is 0 Å². The second-order valence-electron chi connectivity index (χ2n) is 4.53. The van der Waals surface area contributed by atoms with Crippen LogP contribution in [0.3, 0.4) is 0 Å². The van der Waals surface area contributed by atoms with E-state index in [4.69, 9.17) is 11.0 Å². The molecular weight excluding hydrogens is 282 g/mol. The van der Waals surface area contributed by atoms with Crippen LogP contribution in [0.1, 0.15) is 17.4 Å². The summed E-state index contributed by atoms with van der Waals surface area (Å²) in [4.78, 5) is 10.7. The fraction of sp³-hybridized carbons (Fsp3) is 0.133. The second kappa shape index (κ2) is 5.38. The molecule has 0 radical (unpaired) electrons. The van der Waals surface area contributed by atoms with Gasteiger partial charge in [0.15, 0.2) is 0 Å². The summed E-state index contributed by atoms with van der Waals surface area (Å²) in [6, 6.07) is 11.4. The van der Waals surface area contributed by atoms with E-state index in [0.717, 1.165) is 22.3 Å². The number of thiophene rings is 1. The zero-order valence-corrected chi connectivity index (χ0v) is 12.2. The molecule has 0 saturated carbocycles. The van der Waals surface area contributed by atoms with Crippen LogP contribution in [-0.4, -0.2) is 9.97 Å². The number of aryl methyl sites for hydroxylation is 1. The molecule has 6 heteroatoms. The standard InChI is InChI=1S/C15H13N5S/c1-2-11-7-12-13(19-15(17)20-14(12)21-11)18-10-5-3-4-9(6-10)8-16/h3-7H,2H2,1H3,(H3,17,18,19,20). The van der Waals surface area contributed by atoms with Crippen LogP contribution in [0.2, 0.25) is 0 Å². The van der Waals surface area contributed by atoms with Gasteiger partial charge in [-0.3, -0.25) is 0 Å². The average molecular weight is 295 g/mol. The first-order valence-corrected chi connectivity index (χ1v) is 7.34. The molecule has 0 fully saturated rings. The molecule has 104 valence electrons. The van der Waals surface area contributed by atoms with Gasteiger partial charge in [-0.15, -0.1) is 11.3 Å². The van der Waals surface area contributed by atoms with E-state index in [1.54, 1.807) is 23.5 Å². The van der Waals surface area contributed by atoms with E-state index in [1.165, 1.54) is 4.88 Å². The van der Waals surface area contributed by atoms with Crippen LogP contribution in [0.25, 0.3) is 10.2 Å². The van der Waals surface area contributed by atoms with E-state index in [-0.39, 0.29) is 5.95 Å². The van der Waals surface area contributed by atoms with Crippen molar-refractivity contribution in [1.82, 2.24) is 9.97 Å². The minimum Gasteiger partial charge on any atom is -0.368 e. The highest BCUT2D eigenvalue weighted by molar-refractivity contribution is 7.18. The van der Waals surface area contributed by atoms with Crippen LogP contribution in [0.15, 0.2) is 30.3 Å². The van der Waals surface area contributed by atoms with Crippen molar-refractivity contribution in [2.24, 2.45) is 0 Å². The first-order chi connectivity index (χ1) is 10.2. The number of anilines is 3. The SMILES string of the molecule is CCc1cc2c(Nc3cccc(C#N)c3)nc(N)nc2s1. The monoisotopic (exact) mass is 295 g/mol. The lowest BCUT2D eigenvalue weighted by atomic mass is 10.2. The van der Waals surface area contributed by atoms with E-state index in [9.17, 15) is 0 Å². The van der Waals surface area contributed by atoms with Crippen LogP contribution in [0.5, 0.6) is 0 Å². The van der Waals surface area contributed by atoms with Crippen LogP contribution < -0.4 is 11.1 Å². The fourth-order valence-corrected chi connectivity index (χ4v) is 3.03. The van der Waals surface area contributed by atoms with E-state index in [1.807, 2.05) is 12.1 Å².